The van der Waals surface area contributed by atoms with Gasteiger partial charge in [-0.15, -0.1) is 0 Å². The van der Waals surface area contributed by atoms with Crippen molar-refractivity contribution in [3.05, 3.63) is 46.2 Å². The summed E-state index contributed by atoms with van der Waals surface area (Å²) in [7, 11) is 2.92. The summed E-state index contributed by atoms with van der Waals surface area (Å²) in [6, 6.07) is 3.13. The van der Waals surface area contributed by atoms with Gasteiger partial charge in [0.25, 0.3) is 5.91 Å². The van der Waals surface area contributed by atoms with E-state index >= 15 is 0 Å². The van der Waals surface area contributed by atoms with E-state index in [1.165, 1.54) is 25.1 Å². The third-order valence-electron chi connectivity index (χ3n) is 6.99. The highest BCUT2D eigenvalue weighted by atomic mass is 16.4. The van der Waals surface area contributed by atoms with Crippen molar-refractivity contribution in [3.63, 3.8) is 0 Å². The minimum Gasteiger partial charge on any atom is -0.508 e. The van der Waals surface area contributed by atoms with Crippen molar-refractivity contribution in [1.29, 1.82) is 0 Å². The number of hydrogen-bond donors (Lipinski definition) is 6. The molecule has 3 aliphatic carbocycles. The van der Waals surface area contributed by atoms with E-state index in [4.69, 9.17) is 5.73 Å². The van der Waals surface area contributed by atoms with E-state index in [9.17, 15) is 39.9 Å². The molecule has 6 atom stereocenters. The molecule has 1 fully saturated rings. The summed E-state index contributed by atoms with van der Waals surface area (Å²) in [5.74, 6) is -8.87. The van der Waals surface area contributed by atoms with Crippen molar-refractivity contribution in [3.8, 4) is 5.75 Å². The fourth-order valence-corrected chi connectivity index (χ4v) is 5.58. The second-order valence-corrected chi connectivity index (χ2v) is 8.79. The van der Waals surface area contributed by atoms with Gasteiger partial charge in [0.15, 0.2) is 11.4 Å². The van der Waals surface area contributed by atoms with Gasteiger partial charge in [-0.1, -0.05) is 19.1 Å². The number of rotatable bonds is 2. The largest absolute Gasteiger partial charge is 0.508 e. The quantitative estimate of drug-likeness (QED) is 0.287. The number of amides is 1. The van der Waals surface area contributed by atoms with Crippen molar-refractivity contribution in [1.82, 2.24) is 4.90 Å². The van der Waals surface area contributed by atoms with Crippen LogP contribution in [0.15, 0.2) is 35.1 Å². The molecule has 0 spiro atoms. The lowest BCUT2D eigenvalue weighted by Gasteiger charge is -2.53. The van der Waals surface area contributed by atoms with E-state index in [1.54, 1.807) is 19.1 Å². The first-order chi connectivity index (χ1) is 14.9. The predicted molar refractivity (Wildman–Crippen MR) is 114 cm³/mol. The Labute approximate surface area is 188 Å². The van der Waals surface area contributed by atoms with Crippen LogP contribution in [0.4, 0.5) is 0 Å². The Hall–Kier alpha value is -3.25. The standard InChI is InChI=1S/C22H24N2O8.H2O/c1-7-8-5-4-6-9(25)11(8)16(26)12-10(7)17(27)14-15(24(2)3)18(28)13(21(23)31)20(30)22(14,32)19(12)29;/h4-7,10,14-15,17,25-27,30,32H,1-3H3,(H2,23,31);1H2/t7-,10+,14+,15-,17?,22-;/m0./s1. The molecule has 1 aromatic carbocycles. The lowest BCUT2D eigenvalue weighted by molar-refractivity contribution is -0.169. The number of Topliss-reactive ketones (excluding diaryl/α,β-unsaturated/α-hetero) is 2. The van der Waals surface area contributed by atoms with Gasteiger partial charge in [0, 0.05) is 11.5 Å². The third kappa shape index (κ3) is 2.86. The van der Waals surface area contributed by atoms with Gasteiger partial charge < -0.3 is 36.7 Å². The van der Waals surface area contributed by atoms with Crippen LogP contribution in [-0.2, 0) is 14.4 Å². The second kappa shape index (κ2) is 7.66. The summed E-state index contributed by atoms with van der Waals surface area (Å²) in [4.78, 5) is 40.0. The van der Waals surface area contributed by atoms with Gasteiger partial charge >= 0.3 is 0 Å². The maximum atomic E-state index is 13.7. The number of phenolic OH excluding ortho intramolecular Hbond substituents is 1. The smallest absolute Gasteiger partial charge is 0.255 e. The molecule has 178 valence electrons. The van der Waals surface area contributed by atoms with Crippen LogP contribution in [-0.4, -0.2) is 85.2 Å². The predicted octanol–water partition coefficient (Wildman–Crippen LogP) is -1.33. The minimum atomic E-state index is -2.89. The molecule has 3 aliphatic rings. The highest BCUT2D eigenvalue weighted by Gasteiger charge is 2.68. The van der Waals surface area contributed by atoms with Crippen molar-refractivity contribution >= 4 is 23.2 Å². The maximum Gasteiger partial charge on any atom is 0.255 e. The summed E-state index contributed by atoms with van der Waals surface area (Å²) in [5, 5.41) is 54.9. The molecule has 0 bridgehead atoms. The molecule has 0 radical (unpaired) electrons. The topological polar surface area (TPSA) is 213 Å². The Morgan fingerprint density at radius 2 is 1.76 bits per heavy atom. The molecule has 1 unspecified atom stereocenters. The number of benzene rings is 1. The fourth-order valence-electron chi connectivity index (χ4n) is 5.58. The second-order valence-electron chi connectivity index (χ2n) is 8.79. The Balaban J connectivity index is 0.00000306. The van der Waals surface area contributed by atoms with Gasteiger partial charge in [0.1, 0.15) is 22.8 Å². The van der Waals surface area contributed by atoms with E-state index in [-0.39, 0.29) is 16.8 Å². The van der Waals surface area contributed by atoms with Crippen LogP contribution in [0.1, 0.15) is 24.0 Å². The molecule has 4 rings (SSSR count). The third-order valence-corrected chi connectivity index (χ3v) is 6.99. The van der Waals surface area contributed by atoms with Crippen LogP contribution in [0.3, 0.4) is 0 Å². The number of fused-ring (bicyclic) bond motifs is 3. The molecule has 0 heterocycles. The van der Waals surface area contributed by atoms with Crippen LogP contribution in [0.2, 0.25) is 0 Å². The maximum absolute atomic E-state index is 13.7. The van der Waals surface area contributed by atoms with E-state index < -0.39 is 75.6 Å². The van der Waals surface area contributed by atoms with Crippen molar-refractivity contribution in [2.45, 2.75) is 30.6 Å². The van der Waals surface area contributed by atoms with Gasteiger partial charge in [-0.3, -0.25) is 19.3 Å². The first kappa shape index (κ1) is 24.4. The van der Waals surface area contributed by atoms with Gasteiger partial charge in [-0.25, -0.2) is 0 Å². The Morgan fingerprint density at radius 3 is 2.30 bits per heavy atom. The lowest BCUT2D eigenvalue weighted by atomic mass is 9.54. The highest BCUT2D eigenvalue weighted by Crippen LogP contribution is 2.55. The van der Waals surface area contributed by atoms with Crippen LogP contribution in [0, 0.1) is 11.8 Å². The Bertz CT molecular complexity index is 1140. The summed E-state index contributed by atoms with van der Waals surface area (Å²) in [6.45, 7) is 1.68. The number of hydrogen-bond acceptors (Lipinski definition) is 9. The van der Waals surface area contributed by atoms with Gasteiger partial charge in [-0.05, 0) is 31.6 Å². The summed E-state index contributed by atoms with van der Waals surface area (Å²) in [6.07, 6.45) is -1.59. The van der Waals surface area contributed by atoms with Crippen molar-refractivity contribution in [2.75, 3.05) is 14.1 Å². The highest BCUT2D eigenvalue weighted by molar-refractivity contribution is 6.24. The number of nitrogens with two attached hydrogens (primary N) is 1. The zero-order valence-corrected chi connectivity index (χ0v) is 18.1. The molecule has 11 heteroatoms. The molecule has 33 heavy (non-hydrogen) atoms. The van der Waals surface area contributed by atoms with Crippen LogP contribution < -0.4 is 5.73 Å². The average Bonchev–Trinajstić information content (AvgIpc) is 2.70. The molecular formula is C22H26N2O9. The lowest BCUT2D eigenvalue weighted by Crippen LogP contribution is -2.70. The number of primary amides is 1. The van der Waals surface area contributed by atoms with E-state index in [0.717, 1.165) is 0 Å². The summed E-state index contributed by atoms with van der Waals surface area (Å²) >= 11 is 0. The number of aliphatic hydroxyl groups excluding tert-OH is 3. The van der Waals surface area contributed by atoms with Crippen LogP contribution >= 0.6 is 0 Å². The molecule has 1 amide bonds. The zero-order valence-electron chi connectivity index (χ0n) is 18.1. The molecule has 0 aliphatic heterocycles. The molecule has 9 N–H and O–H groups in total. The van der Waals surface area contributed by atoms with Crippen LogP contribution in [0.25, 0.3) is 5.76 Å². The van der Waals surface area contributed by atoms with Gasteiger partial charge in [-0.2, -0.15) is 0 Å². The number of nitrogens with zero attached hydrogens (tertiary/aromatic N) is 1. The summed E-state index contributed by atoms with van der Waals surface area (Å²) in [5.41, 5.74) is 1.47. The molecule has 0 aromatic heterocycles. The number of aromatic hydroxyl groups is 1. The van der Waals surface area contributed by atoms with Gasteiger partial charge in [0.05, 0.1) is 23.6 Å². The first-order valence-corrected chi connectivity index (χ1v) is 10.0. The van der Waals surface area contributed by atoms with E-state index in [2.05, 4.69) is 0 Å². The SMILES string of the molecule is C[C@H]1c2cccc(O)c2C(O)=C2C(=O)[C@]3(O)C(O)=C(C(N)=O)C(=O)[C@@H](N(C)C)[C@@H]3C(O)[C@@H]21.O. The molecule has 0 saturated heterocycles. The number of phenols is 1. The van der Waals surface area contributed by atoms with Gasteiger partial charge in [0.2, 0.25) is 5.78 Å². The minimum absolute atomic E-state index is 0. The molecular weight excluding hydrogens is 436 g/mol. The molecule has 1 aromatic rings. The number of aliphatic hydroxyl groups is 4. The van der Waals surface area contributed by atoms with Crippen LogP contribution in [0.5, 0.6) is 5.75 Å². The number of likely N-dealkylation sites (N-methyl/N-ethyl adjacent to an activating group) is 1. The van der Waals surface area contributed by atoms with E-state index in [1.807, 2.05) is 0 Å². The van der Waals surface area contributed by atoms with Crippen molar-refractivity contribution < 1.29 is 45.4 Å². The van der Waals surface area contributed by atoms with Crippen molar-refractivity contribution in [2.24, 2.45) is 17.6 Å². The summed E-state index contributed by atoms with van der Waals surface area (Å²) < 4.78 is 0. The molecule has 1 saturated carbocycles. The van der Waals surface area contributed by atoms with E-state index in [0.29, 0.717) is 5.56 Å². The Kier molecular flexibility index (Phi) is 5.66. The average molecular weight is 462 g/mol. The zero-order chi connectivity index (χ0) is 23.9. The normalized spacial score (nSPS) is 33.3. The monoisotopic (exact) mass is 462 g/mol. The first-order valence-electron chi connectivity index (χ1n) is 10.0. The number of carbonyl (C=O) groups excluding carboxylic acids is 3. The number of ketones is 2. The molecule has 11 nitrogen and oxygen atoms in total. The Morgan fingerprint density at radius 1 is 1.15 bits per heavy atom. The fraction of sp³-hybridized carbons (Fsp3) is 0.409. The number of carbonyl (C=O) groups is 3.